The van der Waals surface area contributed by atoms with Gasteiger partial charge >= 0.3 is 17.9 Å². The minimum absolute atomic E-state index is 0.0774. The Bertz CT molecular complexity index is 1070. The summed E-state index contributed by atoms with van der Waals surface area (Å²) in [7, 11) is 0. The van der Waals surface area contributed by atoms with Gasteiger partial charge in [0.1, 0.15) is 13.2 Å². The highest BCUT2D eigenvalue weighted by molar-refractivity contribution is 5.71. The average molecular weight is 855 g/mol. The van der Waals surface area contributed by atoms with Gasteiger partial charge < -0.3 is 14.2 Å². The lowest BCUT2D eigenvalue weighted by Crippen LogP contribution is -2.30. The van der Waals surface area contributed by atoms with Gasteiger partial charge in [0, 0.05) is 19.3 Å². The van der Waals surface area contributed by atoms with Gasteiger partial charge in [-0.3, -0.25) is 14.4 Å². The molecule has 0 N–H and O–H groups in total. The summed E-state index contributed by atoms with van der Waals surface area (Å²) in [5, 5.41) is 0. The number of carbonyl (C=O) groups excluding carboxylic acids is 3. The third-order valence-electron chi connectivity index (χ3n) is 11.3. The van der Waals surface area contributed by atoms with Crippen LogP contribution in [0.5, 0.6) is 0 Å². The van der Waals surface area contributed by atoms with Crippen LogP contribution in [-0.4, -0.2) is 37.2 Å². The lowest BCUT2D eigenvalue weighted by molar-refractivity contribution is -0.167. The van der Waals surface area contributed by atoms with Crippen molar-refractivity contribution >= 4 is 17.9 Å². The second kappa shape index (κ2) is 50.0. The van der Waals surface area contributed by atoms with E-state index in [1.54, 1.807) is 0 Å². The van der Waals surface area contributed by atoms with Crippen molar-refractivity contribution in [3.8, 4) is 0 Å². The van der Waals surface area contributed by atoms with Crippen LogP contribution >= 0.6 is 0 Å². The van der Waals surface area contributed by atoms with E-state index in [1.807, 2.05) is 0 Å². The van der Waals surface area contributed by atoms with Crippen LogP contribution in [0.25, 0.3) is 0 Å². The van der Waals surface area contributed by atoms with Crippen LogP contribution in [0.4, 0.5) is 0 Å². The maximum absolute atomic E-state index is 12.7. The molecule has 61 heavy (non-hydrogen) atoms. The molecule has 6 nitrogen and oxygen atoms in total. The molecule has 0 aliphatic heterocycles. The molecule has 0 aliphatic rings. The van der Waals surface area contributed by atoms with E-state index < -0.39 is 6.10 Å². The van der Waals surface area contributed by atoms with Gasteiger partial charge in [-0.25, -0.2) is 0 Å². The van der Waals surface area contributed by atoms with Gasteiger partial charge in [-0.2, -0.15) is 0 Å². The molecule has 0 spiro atoms. The normalized spacial score (nSPS) is 12.4. The SMILES string of the molecule is CC/C=C\C/C=C\C/C=C\CCCCCCCCCC(=O)OC(COC(=O)CCCCCCC)COC(=O)CCCCCCCCCCC/C=C\CCCCCCCCCC. The predicted octanol–water partition coefficient (Wildman–Crippen LogP) is 17.1. The molecule has 0 rings (SSSR count). The summed E-state index contributed by atoms with van der Waals surface area (Å²) >= 11 is 0. The number of hydrogen-bond donors (Lipinski definition) is 0. The maximum atomic E-state index is 12.7. The fourth-order valence-electron chi connectivity index (χ4n) is 7.39. The van der Waals surface area contributed by atoms with Crippen molar-refractivity contribution in [1.82, 2.24) is 0 Å². The maximum Gasteiger partial charge on any atom is 0.306 e. The van der Waals surface area contributed by atoms with Crippen molar-refractivity contribution in [3.05, 3.63) is 48.6 Å². The molecule has 0 heterocycles. The molecule has 0 aliphatic carbocycles. The molecule has 6 heteroatoms. The first kappa shape index (κ1) is 58.4. The first-order chi connectivity index (χ1) is 30.0. The first-order valence-corrected chi connectivity index (χ1v) is 26.1. The Kier molecular flexibility index (Phi) is 47.9. The topological polar surface area (TPSA) is 78.9 Å². The summed E-state index contributed by atoms with van der Waals surface area (Å²) in [5.74, 6) is -0.897. The Morgan fingerprint density at radius 2 is 0.639 bits per heavy atom. The van der Waals surface area contributed by atoms with E-state index in [-0.39, 0.29) is 31.1 Å². The number of allylic oxidation sites excluding steroid dienone is 8. The summed E-state index contributed by atoms with van der Waals surface area (Å²) in [5.41, 5.74) is 0. The van der Waals surface area contributed by atoms with Crippen molar-refractivity contribution in [2.45, 2.75) is 271 Å². The van der Waals surface area contributed by atoms with Crippen molar-refractivity contribution < 1.29 is 28.6 Å². The van der Waals surface area contributed by atoms with Crippen LogP contribution in [0, 0.1) is 0 Å². The molecule has 1 unspecified atom stereocenters. The largest absolute Gasteiger partial charge is 0.462 e. The van der Waals surface area contributed by atoms with Crippen LogP contribution in [0.2, 0.25) is 0 Å². The minimum atomic E-state index is -0.774. The van der Waals surface area contributed by atoms with E-state index in [2.05, 4.69) is 69.4 Å². The van der Waals surface area contributed by atoms with Crippen LogP contribution in [0.15, 0.2) is 48.6 Å². The van der Waals surface area contributed by atoms with E-state index in [0.717, 1.165) is 89.9 Å². The Morgan fingerprint density at radius 3 is 1.02 bits per heavy atom. The molecule has 0 saturated carbocycles. The van der Waals surface area contributed by atoms with Crippen molar-refractivity contribution in [2.24, 2.45) is 0 Å². The zero-order valence-corrected chi connectivity index (χ0v) is 40.4. The highest BCUT2D eigenvalue weighted by Crippen LogP contribution is 2.15. The molecule has 1 atom stereocenters. The van der Waals surface area contributed by atoms with Gasteiger partial charge in [0.05, 0.1) is 0 Å². The van der Waals surface area contributed by atoms with E-state index in [0.29, 0.717) is 19.3 Å². The Morgan fingerprint density at radius 1 is 0.344 bits per heavy atom. The van der Waals surface area contributed by atoms with Gasteiger partial charge in [-0.1, -0.05) is 217 Å². The summed E-state index contributed by atoms with van der Waals surface area (Å²) in [4.78, 5) is 37.7. The monoisotopic (exact) mass is 855 g/mol. The number of carbonyl (C=O) groups is 3. The van der Waals surface area contributed by atoms with Crippen molar-refractivity contribution in [2.75, 3.05) is 13.2 Å². The molecule has 0 radical (unpaired) electrons. The lowest BCUT2D eigenvalue weighted by Gasteiger charge is -2.18. The van der Waals surface area contributed by atoms with Crippen molar-refractivity contribution in [3.63, 3.8) is 0 Å². The number of ether oxygens (including phenoxy) is 3. The third kappa shape index (κ3) is 48.3. The molecule has 0 fully saturated rings. The first-order valence-electron chi connectivity index (χ1n) is 26.1. The molecular weight excluding hydrogens is 757 g/mol. The van der Waals surface area contributed by atoms with Gasteiger partial charge in [-0.15, -0.1) is 0 Å². The molecule has 0 amide bonds. The zero-order valence-electron chi connectivity index (χ0n) is 40.4. The van der Waals surface area contributed by atoms with Gasteiger partial charge in [-0.05, 0) is 77.0 Å². The Hall–Kier alpha value is -2.63. The summed E-state index contributed by atoms with van der Waals surface area (Å²) in [6.07, 6.45) is 59.9. The highest BCUT2D eigenvalue weighted by atomic mass is 16.6. The van der Waals surface area contributed by atoms with Crippen molar-refractivity contribution in [1.29, 1.82) is 0 Å². The standard InChI is InChI=1S/C55H98O6/c1-4-7-10-13-15-17-19-21-23-25-26-27-28-30-31-33-35-37-39-42-45-48-54(57)60-51-52(50-59-53(56)47-44-41-12-9-6-3)61-55(58)49-46-43-40-38-36-34-32-29-24-22-20-18-16-14-11-8-5-2/h8,11,16,18,22,24-26,52H,4-7,9-10,12-15,17,19-21,23,27-51H2,1-3H3/b11-8-,18-16-,24-22-,26-25-. The van der Waals surface area contributed by atoms with Gasteiger partial charge in [0.2, 0.25) is 0 Å². The van der Waals surface area contributed by atoms with E-state index in [1.165, 1.54) is 135 Å². The fourth-order valence-corrected chi connectivity index (χ4v) is 7.39. The molecule has 0 aromatic heterocycles. The smallest absolute Gasteiger partial charge is 0.306 e. The summed E-state index contributed by atoms with van der Waals surface area (Å²) in [6, 6.07) is 0. The van der Waals surface area contributed by atoms with Crippen LogP contribution < -0.4 is 0 Å². The number of unbranched alkanes of at least 4 members (excludes halogenated alkanes) is 28. The molecule has 0 bridgehead atoms. The Balaban J connectivity index is 4.14. The summed E-state index contributed by atoms with van der Waals surface area (Å²) in [6.45, 7) is 6.45. The van der Waals surface area contributed by atoms with Crippen LogP contribution in [-0.2, 0) is 28.6 Å². The van der Waals surface area contributed by atoms with E-state index >= 15 is 0 Å². The average Bonchev–Trinajstić information content (AvgIpc) is 3.26. The van der Waals surface area contributed by atoms with E-state index in [9.17, 15) is 14.4 Å². The minimum Gasteiger partial charge on any atom is -0.462 e. The second-order valence-electron chi connectivity index (χ2n) is 17.4. The number of esters is 3. The fraction of sp³-hybridized carbons (Fsp3) is 0.800. The summed E-state index contributed by atoms with van der Waals surface area (Å²) < 4.78 is 16.7. The quantitative estimate of drug-likeness (QED) is 0.0263. The predicted molar refractivity (Wildman–Crippen MR) is 261 cm³/mol. The molecule has 354 valence electrons. The van der Waals surface area contributed by atoms with Crippen LogP contribution in [0.3, 0.4) is 0 Å². The Labute approximate surface area is 378 Å². The molecular formula is C55H98O6. The van der Waals surface area contributed by atoms with Gasteiger partial charge in [0.25, 0.3) is 0 Å². The molecule has 0 aromatic carbocycles. The second-order valence-corrected chi connectivity index (χ2v) is 17.4. The zero-order chi connectivity index (χ0) is 44.4. The number of hydrogen-bond acceptors (Lipinski definition) is 6. The molecule has 0 saturated heterocycles. The highest BCUT2D eigenvalue weighted by Gasteiger charge is 2.19. The van der Waals surface area contributed by atoms with E-state index in [4.69, 9.17) is 14.2 Å². The van der Waals surface area contributed by atoms with Crippen LogP contribution in [0.1, 0.15) is 265 Å². The number of rotatable bonds is 47. The van der Waals surface area contributed by atoms with Gasteiger partial charge in [0.15, 0.2) is 6.10 Å². The lowest BCUT2D eigenvalue weighted by atomic mass is 10.1. The molecule has 0 aromatic rings. The third-order valence-corrected chi connectivity index (χ3v) is 11.3.